The van der Waals surface area contributed by atoms with Crippen LogP contribution in [0.15, 0.2) is 23.6 Å². The zero-order chi connectivity index (χ0) is 14.4. The van der Waals surface area contributed by atoms with Gasteiger partial charge in [0, 0.05) is 10.9 Å². The van der Waals surface area contributed by atoms with Gasteiger partial charge in [-0.25, -0.2) is 0 Å². The van der Waals surface area contributed by atoms with Crippen LogP contribution in [0.1, 0.15) is 16.1 Å². The lowest BCUT2D eigenvalue weighted by atomic mass is 10.2. The summed E-state index contributed by atoms with van der Waals surface area (Å²) in [5.41, 5.74) is 1.38. The summed E-state index contributed by atoms with van der Waals surface area (Å²) in [5.74, 6) is 5.44. The molecule has 0 aliphatic rings. The molecule has 7 heteroatoms. The molecule has 2 rings (SSSR count). The lowest BCUT2D eigenvalue weighted by molar-refractivity contribution is 0.102. The maximum atomic E-state index is 11.9. The van der Waals surface area contributed by atoms with Crippen LogP contribution in [0.3, 0.4) is 0 Å². The maximum absolute atomic E-state index is 11.9. The smallest absolute Gasteiger partial charge is 0.277 e. The number of carbonyl (C=O) groups is 1. The molecule has 0 radical (unpaired) electrons. The highest BCUT2D eigenvalue weighted by molar-refractivity contribution is 7.03. The van der Waals surface area contributed by atoms with Gasteiger partial charge in [-0.2, -0.15) is 0 Å². The number of aromatic nitrogens is 2. The minimum Gasteiger partial charge on any atom is -0.495 e. The van der Waals surface area contributed by atoms with E-state index in [2.05, 4.69) is 26.7 Å². The Morgan fingerprint density at radius 2 is 2.40 bits per heavy atom. The van der Waals surface area contributed by atoms with Gasteiger partial charge in [0.25, 0.3) is 5.91 Å². The Morgan fingerprint density at radius 3 is 3.05 bits per heavy atom. The third-order valence-electron chi connectivity index (χ3n) is 2.35. The van der Waals surface area contributed by atoms with Crippen molar-refractivity contribution in [1.82, 2.24) is 9.59 Å². The number of benzene rings is 1. The lowest BCUT2D eigenvalue weighted by Gasteiger charge is -2.09. The molecule has 0 fully saturated rings. The summed E-state index contributed by atoms with van der Waals surface area (Å²) in [7, 11) is 1.51. The van der Waals surface area contributed by atoms with Crippen molar-refractivity contribution in [2.45, 2.75) is 0 Å². The van der Waals surface area contributed by atoms with Crippen LogP contribution in [0.2, 0.25) is 0 Å². The minimum absolute atomic E-state index is 0.224. The number of nitrogens with zero attached hydrogens (tertiary/aromatic N) is 2. The Hall–Kier alpha value is -2.43. The predicted molar refractivity (Wildman–Crippen MR) is 74.8 cm³/mol. The van der Waals surface area contributed by atoms with E-state index < -0.39 is 0 Å². The molecular formula is C13H11N3O3S. The molecule has 1 heterocycles. The minimum atomic E-state index is -0.371. The van der Waals surface area contributed by atoms with Crippen LogP contribution in [0.4, 0.5) is 5.69 Å². The molecule has 0 bridgehead atoms. The van der Waals surface area contributed by atoms with Crippen LogP contribution in [0, 0.1) is 11.8 Å². The molecule has 0 saturated carbocycles. The average Bonchev–Trinajstić information content (AvgIpc) is 2.99. The van der Waals surface area contributed by atoms with Gasteiger partial charge in [0.15, 0.2) is 5.69 Å². The van der Waals surface area contributed by atoms with E-state index in [0.717, 1.165) is 11.5 Å². The van der Waals surface area contributed by atoms with Gasteiger partial charge in [-0.1, -0.05) is 16.3 Å². The SMILES string of the molecule is COc1ccc(C#CCO)cc1NC(=O)c1csnn1. The Bertz CT molecular complexity index is 659. The molecule has 0 atom stereocenters. The van der Waals surface area contributed by atoms with Crippen molar-refractivity contribution in [2.24, 2.45) is 0 Å². The summed E-state index contributed by atoms with van der Waals surface area (Å²) in [6.45, 7) is -0.224. The largest absolute Gasteiger partial charge is 0.495 e. The number of rotatable bonds is 3. The van der Waals surface area contributed by atoms with E-state index in [1.54, 1.807) is 23.6 Å². The molecule has 0 unspecified atom stereocenters. The first-order valence-corrected chi connectivity index (χ1v) is 6.44. The maximum Gasteiger partial charge on any atom is 0.277 e. The van der Waals surface area contributed by atoms with E-state index in [4.69, 9.17) is 9.84 Å². The molecule has 6 nitrogen and oxygen atoms in total. The van der Waals surface area contributed by atoms with Crippen LogP contribution < -0.4 is 10.1 Å². The topological polar surface area (TPSA) is 84.3 Å². The fourth-order valence-electron chi connectivity index (χ4n) is 1.47. The van der Waals surface area contributed by atoms with Gasteiger partial charge in [-0.05, 0) is 29.7 Å². The third kappa shape index (κ3) is 3.32. The number of hydrogen-bond acceptors (Lipinski definition) is 6. The van der Waals surface area contributed by atoms with Gasteiger partial charge in [-0.15, -0.1) is 5.10 Å². The highest BCUT2D eigenvalue weighted by Crippen LogP contribution is 2.25. The van der Waals surface area contributed by atoms with E-state index in [-0.39, 0.29) is 18.2 Å². The number of ether oxygens (including phenoxy) is 1. The van der Waals surface area contributed by atoms with Gasteiger partial charge in [0.05, 0.1) is 12.8 Å². The molecule has 1 aromatic heterocycles. The Kier molecular flexibility index (Phi) is 4.65. The molecule has 0 saturated heterocycles. The Balaban J connectivity index is 2.26. The van der Waals surface area contributed by atoms with Crippen molar-refractivity contribution in [1.29, 1.82) is 0 Å². The highest BCUT2D eigenvalue weighted by Gasteiger charge is 2.12. The quantitative estimate of drug-likeness (QED) is 0.828. The fourth-order valence-corrected chi connectivity index (χ4v) is 1.91. The van der Waals surface area contributed by atoms with Gasteiger partial charge in [-0.3, -0.25) is 4.79 Å². The van der Waals surface area contributed by atoms with Crippen molar-refractivity contribution in [2.75, 3.05) is 19.0 Å². The standard InChI is InChI=1S/C13H11N3O3S/c1-19-12-5-4-9(3-2-6-17)7-10(12)14-13(18)11-8-20-16-15-11/h4-5,7-8,17H,6H2,1H3,(H,14,18). The van der Waals surface area contributed by atoms with Gasteiger partial charge in [0.2, 0.25) is 0 Å². The van der Waals surface area contributed by atoms with Crippen LogP contribution in [0.25, 0.3) is 0 Å². The van der Waals surface area contributed by atoms with E-state index in [0.29, 0.717) is 17.0 Å². The summed E-state index contributed by atoms with van der Waals surface area (Å²) in [6, 6.07) is 5.09. The van der Waals surface area contributed by atoms with Crippen molar-refractivity contribution in [3.63, 3.8) is 0 Å². The normalized spacial score (nSPS) is 9.50. The molecule has 1 aromatic carbocycles. The van der Waals surface area contributed by atoms with Crippen LogP contribution in [0.5, 0.6) is 5.75 Å². The first-order valence-electron chi connectivity index (χ1n) is 5.60. The molecule has 20 heavy (non-hydrogen) atoms. The van der Waals surface area contributed by atoms with E-state index in [1.165, 1.54) is 7.11 Å². The second kappa shape index (κ2) is 6.65. The molecule has 102 valence electrons. The van der Waals surface area contributed by atoms with E-state index in [1.807, 2.05) is 0 Å². The Labute approximate surface area is 119 Å². The van der Waals surface area contributed by atoms with Crippen molar-refractivity contribution >= 4 is 23.1 Å². The Morgan fingerprint density at radius 1 is 1.55 bits per heavy atom. The number of methoxy groups -OCH3 is 1. The molecule has 2 N–H and O–H groups in total. The molecular weight excluding hydrogens is 278 g/mol. The number of aliphatic hydroxyl groups excluding tert-OH is 1. The van der Waals surface area contributed by atoms with Crippen molar-refractivity contribution < 1.29 is 14.6 Å². The monoisotopic (exact) mass is 289 g/mol. The van der Waals surface area contributed by atoms with Gasteiger partial charge in [0.1, 0.15) is 12.4 Å². The van der Waals surface area contributed by atoms with Crippen molar-refractivity contribution in [3.8, 4) is 17.6 Å². The van der Waals surface area contributed by atoms with Crippen LogP contribution in [-0.4, -0.2) is 34.3 Å². The molecule has 0 aliphatic carbocycles. The second-order valence-electron chi connectivity index (χ2n) is 3.62. The summed E-state index contributed by atoms with van der Waals surface area (Å²) in [6.07, 6.45) is 0. The third-order valence-corrected chi connectivity index (χ3v) is 2.86. The lowest BCUT2D eigenvalue weighted by Crippen LogP contribution is -2.13. The second-order valence-corrected chi connectivity index (χ2v) is 4.23. The zero-order valence-electron chi connectivity index (χ0n) is 10.6. The molecule has 2 aromatic rings. The molecule has 0 spiro atoms. The summed E-state index contributed by atoms with van der Waals surface area (Å²) in [5, 5.41) is 16.6. The molecule has 1 amide bonds. The van der Waals surface area contributed by atoms with E-state index >= 15 is 0 Å². The number of amides is 1. The van der Waals surface area contributed by atoms with Crippen molar-refractivity contribution in [3.05, 3.63) is 34.8 Å². The van der Waals surface area contributed by atoms with E-state index in [9.17, 15) is 4.79 Å². The number of aliphatic hydroxyl groups is 1. The summed E-state index contributed by atoms with van der Waals surface area (Å²) >= 11 is 1.10. The number of anilines is 1. The number of nitrogens with one attached hydrogen (secondary N) is 1. The van der Waals surface area contributed by atoms with Gasteiger partial charge >= 0.3 is 0 Å². The average molecular weight is 289 g/mol. The zero-order valence-corrected chi connectivity index (χ0v) is 11.4. The number of carbonyl (C=O) groups excluding carboxylic acids is 1. The van der Waals surface area contributed by atoms with Crippen LogP contribution >= 0.6 is 11.5 Å². The van der Waals surface area contributed by atoms with Gasteiger partial charge < -0.3 is 15.2 Å². The highest BCUT2D eigenvalue weighted by atomic mass is 32.1. The molecule has 0 aliphatic heterocycles. The van der Waals surface area contributed by atoms with Crippen LogP contribution in [-0.2, 0) is 0 Å². The first-order chi connectivity index (χ1) is 9.74. The fraction of sp³-hybridized carbons (Fsp3) is 0.154. The summed E-state index contributed by atoms with van der Waals surface area (Å²) in [4.78, 5) is 11.9. The first kappa shape index (κ1) is 14.0. The summed E-state index contributed by atoms with van der Waals surface area (Å²) < 4.78 is 8.81. The number of hydrogen-bond donors (Lipinski definition) is 2. The predicted octanol–water partition coefficient (Wildman–Crippen LogP) is 1.14.